The number of benzene rings is 2. The van der Waals surface area contributed by atoms with Gasteiger partial charge >= 0.3 is 11.6 Å². The summed E-state index contributed by atoms with van der Waals surface area (Å²) < 4.78 is 5.34. The van der Waals surface area contributed by atoms with Gasteiger partial charge in [-0.05, 0) is 18.2 Å². The summed E-state index contributed by atoms with van der Waals surface area (Å²) in [5, 5.41) is 10.1. The zero-order valence-electron chi connectivity index (χ0n) is 13.5. The van der Waals surface area contributed by atoms with E-state index in [1.54, 1.807) is 24.1 Å². The predicted molar refractivity (Wildman–Crippen MR) is 98.5 cm³/mol. The lowest BCUT2D eigenvalue weighted by Gasteiger charge is -2.18. The minimum absolute atomic E-state index is 0.0259. The van der Waals surface area contributed by atoms with Gasteiger partial charge in [0, 0.05) is 52.9 Å². The largest absolute Gasteiger partial charge is 0.481 e. The number of carbonyl (C=O) groups is 1. The first-order chi connectivity index (χ1) is 12.0. The Morgan fingerprint density at radius 3 is 2.64 bits per heavy atom. The Balaban J connectivity index is 2.09. The summed E-state index contributed by atoms with van der Waals surface area (Å²) in [6.45, 7) is 0.356. The molecule has 0 amide bonds. The van der Waals surface area contributed by atoms with Crippen LogP contribution in [0.15, 0.2) is 57.7 Å². The first-order valence-electron chi connectivity index (χ1n) is 7.71. The number of halogens is 1. The van der Waals surface area contributed by atoms with Crippen molar-refractivity contribution in [2.45, 2.75) is 6.42 Å². The normalized spacial score (nSPS) is 10.8. The Kier molecular flexibility index (Phi) is 4.76. The summed E-state index contributed by atoms with van der Waals surface area (Å²) in [6, 6.07) is 14.2. The van der Waals surface area contributed by atoms with Crippen LogP contribution in [-0.2, 0) is 4.79 Å². The third-order valence-electron chi connectivity index (χ3n) is 3.99. The SMILES string of the molecule is CN(CCC(=O)O)c1ccc2c(-c3ccccc3Cl)cc(=O)oc2c1. The second kappa shape index (κ2) is 6.99. The monoisotopic (exact) mass is 357 g/mol. The summed E-state index contributed by atoms with van der Waals surface area (Å²) in [6.07, 6.45) is 0.0259. The summed E-state index contributed by atoms with van der Waals surface area (Å²) in [5.41, 5.74) is 2.20. The van der Waals surface area contributed by atoms with Crippen LogP contribution in [0.25, 0.3) is 22.1 Å². The summed E-state index contributed by atoms with van der Waals surface area (Å²) in [4.78, 5) is 24.5. The van der Waals surface area contributed by atoms with E-state index >= 15 is 0 Å². The van der Waals surface area contributed by atoms with Crippen LogP contribution in [0.5, 0.6) is 0 Å². The van der Waals surface area contributed by atoms with E-state index in [0.717, 1.165) is 16.6 Å². The topological polar surface area (TPSA) is 70.8 Å². The molecule has 1 N–H and O–H groups in total. The number of hydrogen-bond acceptors (Lipinski definition) is 4. The molecule has 0 aliphatic carbocycles. The van der Waals surface area contributed by atoms with E-state index in [-0.39, 0.29) is 6.42 Å². The first kappa shape index (κ1) is 17.0. The number of hydrogen-bond donors (Lipinski definition) is 1. The van der Waals surface area contributed by atoms with Crippen LogP contribution < -0.4 is 10.5 Å². The molecule has 0 aliphatic heterocycles. The van der Waals surface area contributed by atoms with Crippen LogP contribution in [0.1, 0.15) is 6.42 Å². The fourth-order valence-electron chi connectivity index (χ4n) is 2.68. The molecule has 0 spiro atoms. The molecule has 1 heterocycles. The van der Waals surface area contributed by atoms with E-state index in [4.69, 9.17) is 21.1 Å². The molecule has 0 bridgehead atoms. The average Bonchev–Trinajstić information content (AvgIpc) is 2.58. The third-order valence-corrected chi connectivity index (χ3v) is 4.32. The molecule has 3 aromatic rings. The highest BCUT2D eigenvalue weighted by molar-refractivity contribution is 6.33. The van der Waals surface area contributed by atoms with E-state index < -0.39 is 11.6 Å². The number of aliphatic carboxylic acids is 1. The minimum Gasteiger partial charge on any atom is -0.481 e. The van der Waals surface area contributed by atoms with Crippen LogP contribution in [0, 0.1) is 0 Å². The fourth-order valence-corrected chi connectivity index (χ4v) is 2.92. The lowest BCUT2D eigenvalue weighted by atomic mass is 10.0. The van der Waals surface area contributed by atoms with Crippen LogP contribution in [0.3, 0.4) is 0 Å². The second-order valence-electron chi connectivity index (χ2n) is 5.70. The molecule has 0 unspecified atom stereocenters. The van der Waals surface area contributed by atoms with E-state index in [1.807, 2.05) is 30.3 Å². The van der Waals surface area contributed by atoms with Gasteiger partial charge in [0.05, 0.1) is 6.42 Å². The van der Waals surface area contributed by atoms with E-state index in [1.165, 1.54) is 6.07 Å². The standard InChI is InChI=1S/C19H16ClNO4/c1-21(9-8-18(22)23)12-6-7-14-15(11-19(24)25-17(14)10-12)13-4-2-3-5-16(13)20/h2-7,10-11H,8-9H2,1H3,(H,22,23). The molecule has 0 radical (unpaired) electrons. The summed E-state index contributed by atoms with van der Waals surface area (Å²) >= 11 is 6.27. The van der Waals surface area contributed by atoms with Gasteiger partial charge in [0.1, 0.15) is 5.58 Å². The molecular formula is C19H16ClNO4. The lowest BCUT2D eigenvalue weighted by molar-refractivity contribution is -0.136. The van der Waals surface area contributed by atoms with Gasteiger partial charge in [-0.3, -0.25) is 4.79 Å². The van der Waals surface area contributed by atoms with Gasteiger partial charge in [0.15, 0.2) is 0 Å². The Morgan fingerprint density at radius 1 is 1.16 bits per heavy atom. The Morgan fingerprint density at radius 2 is 1.92 bits per heavy atom. The maximum Gasteiger partial charge on any atom is 0.336 e. The molecule has 0 aliphatic rings. The Labute approximate surface area is 149 Å². The summed E-state index contributed by atoms with van der Waals surface area (Å²) in [5.74, 6) is -0.861. The lowest BCUT2D eigenvalue weighted by Crippen LogP contribution is -2.20. The number of carboxylic acids is 1. The van der Waals surface area contributed by atoms with Crippen molar-refractivity contribution in [1.29, 1.82) is 0 Å². The molecule has 1 aromatic heterocycles. The van der Waals surface area contributed by atoms with Crippen LogP contribution >= 0.6 is 11.6 Å². The molecule has 2 aromatic carbocycles. The average molecular weight is 358 g/mol. The fraction of sp³-hybridized carbons (Fsp3) is 0.158. The van der Waals surface area contributed by atoms with Crippen LogP contribution in [-0.4, -0.2) is 24.7 Å². The van der Waals surface area contributed by atoms with Crippen molar-refractivity contribution in [3.05, 3.63) is 64.0 Å². The van der Waals surface area contributed by atoms with Crippen molar-refractivity contribution in [3.8, 4) is 11.1 Å². The quantitative estimate of drug-likeness (QED) is 0.698. The van der Waals surface area contributed by atoms with Crippen molar-refractivity contribution in [3.63, 3.8) is 0 Å². The molecule has 0 atom stereocenters. The van der Waals surface area contributed by atoms with Crippen molar-refractivity contribution >= 4 is 34.2 Å². The zero-order chi connectivity index (χ0) is 18.0. The second-order valence-corrected chi connectivity index (χ2v) is 6.11. The molecule has 5 nitrogen and oxygen atoms in total. The maximum atomic E-state index is 12.0. The van der Waals surface area contributed by atoms with Gasteiger partial charge in [-0.25, -0.2) is 4.79 Å². The molecule has 0 saturated carbocycles. The van der Waals surface area contributed by atoms with Crippen molar-refractivity contribution < 1.29 is 14.3 Å². The van der Waals surface area contributed by atoms with Crippen molar-refractivity contribution in [1.82, 2.24) is 0 Å². The predicted octanol–water partition coefficient (Wildman–Crippen LogP) is 4.02. The van der Waals surface area contributed by atoms with Gasteiger partial charge in [0.2, 0.25) is 0 Å². The van der Waals surface area contributed by atoms with Gasteiger partial charge in [0.25, 0.3) is 0 Å². The van der Waals surface area contributed by atoms with Crippen LogP contribution in [0.4, 0.5) is 5.69 Å². The molecule has 128 valence electrons. The maximum absolute atomic E-state index is 12.0. The number of rotatable bonds is 5. The number of fused-ring (bicyclic) bond motifs is 1. The molecule has 25 heavy (non-hydrogen) atoms. The first-order valence-corrected chi connectivity index (χ1v) is 8.09. The molecular weight excluding hydrogens is 342 g/mol. The van der Waals surface area contributed by atoms with E-state index in [2.05, 4.69) is 0 Å². The van der Waals surface area contributed by atoms with Crippen LogP contribution in [0.2, 0.25) is 5.02 Å². The van der Waals surface area contributed by atoms with Gasteiger partial charge in [-0.1, -0.05) is 29.8 Å². The number of carboxylic acid groups (broad SMARTS) is 1. The smallest absolute Gasteiger partial charge is 0.336 e. The number of nitrogens with zero attached hydrogens (tertiary/aromatic N) is 1. The molecule has 0 saturated heterocycles. The third kappa shape index (κ3) is 3.67. The Hall–Kier alpha value is -2.79. The molecule has 6 heteroatoms. The molecule has 0 fully saturated rings. The highest BCUT2D eigenvalue weighted by Crippen LogP contribution is 2.33. The van der Waals surface area contributed by atoms with Crippen molar-refractivity contribution in [2.75, 3.05) is 18.5 Å². The Bertz CT molecular complexity index is 996. The minimum atomic E-state index is -0.861. The highest BCUT2D eigenvalue weighted by atomic mass is 35.5. The van der Waals surface area contributed by atoms with Gasteiger partial charge in [-0.2, -0.15) is 0 Å². The highest BCUT2D eigenvalue weighted by Gasteiger charge is 2.12. The molecule has 3 rings (SSSR count). The van der Waals surface area contributed by atoms with E-state index in [9.17, 15) is 9.59 Å². The van der Waals surface area contributed by atoms with Gasteiger partial charge < -0.3 is 14.4 Å². The number of anilines is 1. The van der Waals surface area contributed by atoms with Crippen molar-refractivity contribution in [2.24, 2.45) is 0 Å². The van der Waals surface area contributed by atoms with Gasteiger partial charge in [-0.15, -0.1) is 0 Å². The summed E-state index contributed by atoms with van der Waals surface area (Å²) in [7, 11) is 1.79. The zero-order valence-corrected chi connectivity index (χ0v) is 14.3. The van der Waals surface area contributed by atoms with E-state index in [0.29, 0.717) is 22.7 Å².